The van der Waals surface area contributed by atoms with Gasteiger partial charge in [-0.25, -0.2) is 9.97 Å². The highest BCUT2D eigenvalue weighted by Gasteiger charge is 2.43. The molecule has 0 radical (unpaired) electrons. The zero-order chi connectivity index (χ0) is 19.8. The molecule has 29 heavy (non-hydrogen) atoms. The van der Waals surface area contributed by atoms with E-state index in [1.165, 1.54) is 0 Å². The van der Waals surface area contributed by atoms with Crippen LogP contribution in [0.25, 0.3) is 11.4 Å². The number of nitrogens with zero attached hydrogens (tertiary/aromatic N) is 4. The van der Waals surface area contributed by atoms with E-state index in [4.69, 9.17) is 14.2 Å². The predicted octanol–water partition coefficient (Wildman–Crippen LogP) is 3.14. The molecule has 0 bridgehead atoms. The topological polar surface area (TPSA) is 81.4 Å². The Labute approximate surface area is 168 Å². The third-order valence-electron chi connectivity index (χ3n) is 5.78. The van der Waals surface area contributed by atoms with Crippen LogP contribution in [0.3, 0.4) is 0 Å². The van der Waals surface area contributed by atoms with Gasteiger partial charge in [0.1, 0.15) is 11.4 Å². The minimum atomic E-state index is -0.462. The van der Waals surface area contributed by atoms with Crippen LogP contribution in [0.1, 0.15) is 40.3 Å². The molecule has 1 spiro atoms. The number of fused-ring (bicyclic) bond motifs is 2. The van der Waals surface area contributed by atoms with Crippen LogP contribution >= 0.6 is 0 Å². The van der Waals surface area contributed by atoms with Gasteiger partial charge in [-0.1, -0.05) is 35.5 Å². The number of amides is 1. The Morgan fingerprint density at radius 1 is 1.17 bits per heavy atom. The first-order valence-electron chi connectivity index (χ1n) is 9.93. The molecule has 148 valence electrons. The average molecular weight is 390 g/mol. The molecule has 1 fully saturated rings. The van der Waals surface area contributed by atoms with Crippen LogP contribution in [0.15, 0.2) is 47.1 Å². The number of aromatic nitrogens is 3. The normalized spacial score (nSPS) is 17.9. The minimum Gasteiger partial charge on any atom is -0.368 e. The zero-order valence-corrected chi connectivity index (χ0v) is 16.3. The Morgan fingerprint density at radius 2 is 1.97 bits per heavy atom. The summed E-state index contributed by atoms with van der Waals surface area (Å²) in [6.45, 7) is 3.62. The second-order valence-electron chi connectivity index (χ2n) is 7.64. The smallest absolute Gasteiger partial charge is 0.276 e. The maximum Gasteiger partial charge on any atom is 0.276 e. The van der Waals surface area contributed by atoms with E-state index in [-0.39, 0.29) is 5.91 Å². The lowest BCUT2D eigenvalue weighted by atomic mass is 9.83. The maximum atomic E-state index is 12.7. The SMILES string of the molecule is Cc1cc(C(=O)N2CCC3(CC2)OCCc2cnc(-c4ccccc4)nc23)no1. The second-order valence-corrected chi connectivity index (χ2v) is 7.64. The molecule has 3 aromatic rings. The van der Waals surface area contributed by atoms with Crippen LogP contribution in [0, 0.1) is 6.92 Å². The molecule has 1 aromatic carbocycles. The van der Waals surface area contributed by atoms with Crippen molar-refractivity contribution in [3.63, 3.8) is 0 Å². The molecule has 1 amide bonds. The molecule has 2 aliphatic heterocycles. The van der Waals surface area contributed by atoms with Crippen LogP contribution in [0.2, 0.25) is 0 Å². The minimum absolute atomic E-state index is 0.0969. The largest absolute Gasteiger partial charge is 0.368 e. The molecule has 0 saturated carbocycles. The first kappa shape index (κ1) is 18.0. The van der Waals surface area contributed by atoms with E-state index in [0.29, 0.717) is 49.8 Å². The fraction of sp³-hybridized carbons (Fsp3) is 0.364. The van der Waals surface area contributed by atoms with Crippen molar-refractivity contribution >= 4 is 5.91 Å². The van der Waals surface area contributed by atoms with E-state index in [9.17, 15) is 4.79 Å². The zero-order valence-electron chi connectivity index (χ0n) is 16.3. The van der Waals surface area contributed by atoms with E-state index in [0.717, 1.165) is 23.2 Å². The lowest BCUT2D eigenvalue weighted by Crippen LogP contribution is -2.49. The first-order chi connectivity index (χ1) is 14.1. The fourth-order valence-corrected chi connectivity index (χ4v) is 4.22. The van der Waals surface area contributed by atoms with E-state index < -0.39 is 5.60 Å². The van der Waals surface area contributed by atoms with Gasteiger partial charge in [0.2, 0.25) is 0 Å². The average Bonchev–Trinajstić information content (AvgIpc) is 3.21. The standard InChI is InChI=1S/C22H22N4O3/c1-15-13-18(25-29-15)21(27)26-10-8-22(9-11-26)19-17(7-12-28-22)14-23-20(24-19)16-5-3-2-4-6-16/h2-6,13-14H,7-12H2,1H3. The van der Waals surface area contributed by atoms with Crippen LogP contribution in [-0.4, -0.2) is 45.6 Å². The van der Waals surface area contributed by atoms with Crippen molar-refractivity contribution in [3.05, 3.63) is 65.3 Å². The summed E-state index contributed by atoms with van der Waals surface area (Å²) < 4.78 is 11.3. The summed E-state index contributed by atoms with van der Waals surface area (Å²) >= 11 is 0. The molecule has 1 saturated heterocycles. The molecule has 0 atom stereocenters. The van der Waals surface area contributed by atoms with E-state index in [1.807, 2.05) is 41.4 Å². The van der Waals surface area contributed by atoms with Gasteiger partial charge in [0, 0.05) is 30.9 Å². The molecular formula is C22H22N4O3. The molecule has 7 heteroatoms. The van der Waals surface area contributed by atoms with Gasteiger partial charge in [0.15, 0.2) is 11.5 Å². The number of piperidine rings is 1. The second kappa shape index (κ2) is 7.08. The van der Waals surface area contributed by atoms with Gasteiger partial charge in [-0.2, -0.15) is 0 Å². The molecule has 0 unspecified atom stereocenters. The molecule has 7 nitrogen and oxygen atoms in total. The Kier molecular flexibility index (Phi) is 4.39. The lowest BCUT2D eigenvalue weighted by Gasteiger charge is -2.43. The Bertz CT molecular complexity index is 1040. The third-order valence-corrected chi connectivity index (χ3v) is 5.78. The highest BCUT2D eigenvalue weighted by molar-refractivity contribution is 5.92. The summed E-state index contributed by atoms with van der Waals surface area (Å²) in [6, 6.07) is 11.7. The Morgan fingerprint density at radius 3 is 2.69 bits per heavy atom. The van der Waals surface area contributed by atoms with Crippen molar-refractivity contribution in [3.8, 4) is 11.4 Å². The van der Waals surface area contributed by atoms with Crippen molar-refractivity contribution < 1.29 is 14.1 Å². The lowest BCUT2D eigenvalue weighted by molar-refractivity contribution is -0.0967. The molecule has 4 heterocycles. The number of hydrogen-bond donors (Lipinski definition) is 0. The van der Waals surface area contributed by atoms with Gasteiger partial charge >= 0.3 is 0 Å². The summed E-state index contributed by atoms with van der Waals surface area (Å²) in [5, 5.41) is 3.86. The number of carbonyl (C=O) groups excluding carboxylic acids is 1. The van der Waals surface area contributed by atoms with Crippen molar-refractivity contribution in [2.24, 2.45) is 0 Å². The molecule has 0 aliphatic carbocycles. The molecule has 2 aliphatic rings. The number of likely N-dealkylation sites (tertiary alicyclic amines) is 1. The Hall–Kier alpha value is -3.06. The van der Waals surface area contributed by atoms with Crippen molar-refractivity contribution in [2.75, 3.05) is 19.7 Å². The van der Waals surface area contributed by atoms with Gasteiger partial charge in [0.05, 0.1) is 12.3 Å². The third kappa shape index (κ3) is 3.21. The molecule has 5 rings (SSSR count). The molecule has 2 aromatic heterocycles. The number of ether oxygens (including phenoxy) is 1. The van der Waals surface area contributed by atoms with E-state index in [1.54, 1.807) is 13.0 Å². The van der Waals surface area contributed by atoms with Crippen LogP contribution in [-0.2, 0) is 16.8 Å². The van der Waals surface area contributed by atoms with Gasteiger partial charge in [-0.15, -0.1) is 0 Å². The summed E-state index contributed by atoms with van der Waals surface area (Å²) in [7, 11) is 0. The van der Waals surface area contributed by atoms with E-state index in [2.05, 4.69) is 10.1 Å². The van der Waals surface area contributed by atoms with E-state index >= 15 is 0 Å². The van der Waals surface area contributed by atoms with Gasteiger partial charge in [0.25, 0.3) is 5.91 Å². The van der Waals surface area contributed by atoms with Gasteiger partial charge < -0.3 is 14.2 Å². The summed E-state index contributed by atoms with van der Waals surface area (Å²) in [4.78, 5) is 24.0. The number of carbonyl (C=O) groups is 1. The quantitative estimate of drug-likeness (QED) is 0.669. The first-order valence-corrected chi connectivity index (χ1v) is 9.93. The monoisotopic (exact) mass is 390 g/mol. The van der Waals surface area contributed by atoms with Crippen LogP contribution in [0.5, 0.6) is 0 Å². The summed E-state index contributed by atoms with van der Waals surface area (Å²) in [6.07, 6.45) is 4.15. The van der Waals surface area contributed by atoms with Crippen LogP contribution in [0.4, 0.5) is 0 Å². The van der Waals surface area contributed by atoms with Gasteiger partial charge in [-0.3, -0.25) is 4.79 Å². The summed E-state index contributed by atoms with van der Waals surface area (Å²) in [5.74, 6) is 1.25. The molecular weight excluding hydrogens is 368 g/mol. The Balaban J connectivity index is 1.41. The number of hydrogen-bond acceptors (Lipinski definition) is 6. The van der Waals surface area contributed by atoms with Gasteiger partial charge in [-0.05, 0) is 31.7 Å². The van der Waals surface area contributed by atoms with Crippen molar-refractivity contribution in [1.82, 2.24) is 20.0 Å². The highest BCUT2D eigenvalue weighted by atomic mass is 16.5. The number of aryl methyl sites for hydroxylation is 1. The number of rotatable bonds is 2. The maximum absolute atomic E-state index is 12.7. The number of benzene rings is 1. The molecule has 0 N–H and O–H groups in total. The van der Waals surface area contributed by atoms with Crippen LogP contribution < -0.4 is 0 Å². The summed E-state index contributed by atoms with van der Waals surface area (Å²) in [5.41, 5.74) is 3.00. The predicted molar refractivity (Wildman–Crippen MR) is 105 cm³/mol. The van der Waals surface area contributed by atoms with Crippen molar-refractivity contribution in [2.45, 2.75) is 31.8 Å². The fourth-order valence-electron chi connectivity index (χ4n) is 4.22. The van der Waals surface area contributed by atoms with Crippen molar-refractivity contribution in [1.29, 1.82) is 0 Å². The highest BCUT2D eigenvalue weighted by Crippen LogP contribution is 2.41.